The predicted octanol–water partition coefficient (Wildman–Crippen LogP) is 1.92. The van der Waals surface area contributed by atoms with Crippen molar-refractivity contribution < 1.29 is 13.9 Å². The molecule has 0 atom stereocenters. The molecule has 1 aromatic carbocycles. The van der Waals surface area contributed by atoms with E-state index in [2.05, 4.69) is 5.32 Å². The van der Waals surface area contributed by atoms with Crippen molar-refractivity contribution in [3.05, 3.63) is 42.0 Å². The zero-order valence-electron chi connectivity index (χ0n) is 8.87. The fourth-order valence-electron chi connectivity index (χ4n) is 1.15. The molecule has 0 saturated carbocycles. The normalized spacial score (nSPS) is 12.2. The monoisotopic (exact) mass is 227 g/mol. The molecule has 0 aliphatic heterocycles. The highest BCUT2D eigenvalue weighted by molar-refractivity contribution is 5.48. The van der Waals surface area contributed by atoms with E-state index in [9.17, 15) is 8.78 Å². The van der Waals surface area contributed by atoms with E-state index in [4.69, 9.17) is 5.11 Å². The maximum atomic E-state index is 12.6. The molecule has 0 unspecified atom stereocenters. The lowest BCUT2D eigenvalue weighted by Gasteiger charge is -2.12. The fraction of sp³-hybridized carbons (Fsp3) is 0.333. The Balaban J connectivity index is 2.24. The smallest absolute Gasteiger partial charge is 0.282 e. The summed E-state index contributed by atoms with van der Waals surface area (Å²) < 4.78 is 25.1. The van der Waals surface area contributed by atoms with E-state index in [1.165, 1.54) is 0 Å². The Morgan fingerprint density at radius 2 is 1.94 bits per heavy atom. The summed E-state index contributed by atoms with van der Waals surface area (Å²) >= 11 is 0. The summed E-state index contributed by atoms with van der Waals surface area (Å²) in [4.78, 5) is 0. The van der Waals surface area contributed by atoms with E-state index >= 15 is 0 Å². The highest BCUT2D eigenvalue weighted by Crippen LogP contribution is 2.09. The van der Waals surface area contributed by atoms with Crippen LogP contribution in [0, 0.1) is 0 Å². The molecule has 0 radical (unpaired) electrons. The highest BCUT2D eigenvalue weighted by atomic mass is 19.3. The Labute approximate surface area is 93.6 Å². The number of alkyl halides is 2. The summed E-state index contributed by atoms with van der Waals surface area (Å²) in [7, 11) is 0. The number of rotatable bonds is 6. The minimum Gasteiger partial charge on any atom is -0.390 e. The third kappa shape index (κ3) is 5.00. The van der Waals surface area contributed by atoms with E-state index in [0.29, 0.717) is 6.54 Å². The van der Waals surface area contributed by atoms with Gasteiger partial charge in [-0.1, -0.05) is 42.5 Å². The van der Waals surface area contributed by atoms with Gasteiger partial charge in [-0.05, 0) is 5.56 Å². The van der Waals surface area contributed by atoms with E-state index in [0.717, 1.165) is 5.56 Å². The number of benzene rings is 1. The van der Waals surface area contributed by atoms with Crippen LogP contribution in [0.25, 0.3) is 6.08 Å². The van der Waals surface area contributed by atoms with Gasteiger partial charge in [-0.15, -0.1) is 0 Å². The summed E-state index contributed by atoms with van der Waals surface area (Å²) in [5.41, 5.74) is 1.03. The van der Waals surface area contributed by atoms with Crippen LogP contribution in [0.1, 0.15) is 5.56 Å². The topological polar surface area (TPSA) is 32.3 Å². The molecule has 0 aliphatic rings. The van der Waals surface area contributed by atoms with Gasteiger partial charge in [-0.25, -0.2) is 8.78 Å². The predicted molar refractivity (Wildman–Crippen MR) is 60.4 cm³/mol. The number of aliphatic hydroxyl groups is 1. The molecule has 0 fully saturated rings. The summed E-state index contributed by atoms with van der Waals surface area (Å²) in [6.07, 6.45) is 3.62. The number of halogens is 2. The standard InChI is InChI=1S/C12H15F2NO/c13-12(14,10-16)9-15-8-4-7-11-5-2-1-3-6-11/h1-7,15-16H,8-10H2/b7-4+. The van der Waals surface area contributed by atoms with Crippen molar-refractivity contribution in [2.45, 2.75) is 5.92 Å². The second kappa shape index (κ2) is 6.35. The molecule has 16 heavy (non-hydrogen) atoms. The molecule has 0 spiro atoms. The molecule has 4 heteroatoms. The van der Waals surface area contributed by atoms with Gasteiger partial charge in [0.2, 0.25) is 0 Å². The largest absolute Gasteiger partial charge is 0.390 e. The molecule has 0 aromatic heterocycles. The molecular formula is C12H15F2NO. The molecule has 88 valence electrons. The van der Waals surface area contributed by atoms with Gasteiger partial charge in [0.05, 0.1) is 6.54 Å². The molecule has 0 heterocycles. The molecule has 2 N–H and O–H groups in total. The Morgan fingerprint density at radius 1 is 1.25 bits per heavy atom. The maximum absolute atomic E-state index is 12.6. The van der Waals surface area contributed by atoms with E-state index in [-0.39, 0.29) is 0 Å². The summed E-state index contributed by atoms with van der Waals surface area (Å²) in [6.45, 7) is -1.28. The first-order valence-corrected chi connectivity index (χ1v) is 5.05. The van der Waals surface area contributed by atoms with Crippen LogP contribution in [-0.2, 0) is 0 Å². The van der Waals surface area contributed by atoms with Crippen molar-refractivity contribution in [2.75, 3.05) is 19.7 Å². The highest BCUT2D eigenvalue weighted by Gasteiger charge is 2.26. The van der Waals surface area contributed by atoms with Crippen LogP contribution < -0.4 is 5.32 Å². The lowest BCUT2D eigenvalue weighted by atomic mass is 10.2. The average molecular weight is 227 g/mol. The van der Waals surface area contributed by atoms with Gasteiger partial charge in [0.15, 0.2) is 0 Å². The van der Waals surface area contributed by atoms with E-state index < -0.39 is 19.1 Å². The lowest BCUT2D eigenvalue weighted by Crippen LogP contribution is -2.35. The number of nitrogens with one attached hydrogen (secondary N) is 1. The molecule has 0 amide bonds. The third-order valence-electron chi connectivity index (χ3n) is 1.99. The summed E-state index contributed by atoms with van der Waals surface area (Å²) in [5.74, 6) is -3.04. The van der Waals surface area contributed by atoms with Gasteiger partial charge in [0.25, 0.3) is 5.92 Å². The molecule has 1 rings (SSSR count). The summed E-state index contributed by atoms with van der Waals surface area (Å²) in [6, 6.07) is 9.59. The zero-order valence-corrected chi connectivity index (χ0v) is 8.87. The average Bonchev–Trinajstić information content (AvgIpc) is 2.30. The van der Waals surface area contributed by atoms with Crippen LogP contribution >= 0.6 is 0 Å². The van der Waals surface area contributed by atoms with Crippen LogP contribution in [-0.4, -0.2) is 30.7 Å². The van der Waals surface area contributed by atoms with Crippen molar-refractivity contribution in [3.8, 4) is 0 Å². The van der Waals surface area contributed by atoms with E-state index in [1.54, 1.807) is 6.08 Å². The zero-order chi connectivity index (χ0) is 11.9. The van der Waals surface area contributed by atoms with Gasteiger partial charge >= 0.3 is 0 Å². The maximum Gasteiger partial charge on any atom is 0.282 e. The first-order chi connectivity index (χ1) is 7.64. The Kier molecular flexibility index (Phi) is 5.08. The number of aliphatic hydroxyl groups excluding tert-OH is 1. The molecule has 0 aliphatic carbocycles. The fourth-order valence-corrected chi connectivity index (χ4v) is 1.15. The first kappa shape index (κ1) is 12.8. The number of hydrogen-bond acceptors (Lipinski definition) is 2. The minimum atomic E-state index is -3.04. The molecular weight excluding hydrogens is 212 g/mol. The second-order valence-electron chi connectivity index (χ2n) is 3.46. The van der Waals surface area contributed by atoms with Gasteiger partial charge < -0.3 is 10.4 Å². The molecule has 0 bridgehead atoms. The molecule has 0 saturated heterocycles. The Bertz CT molecular complexity index is 325. The van der Waals surface area contributed by atoms with Gasteiger partial charge in [-0.3, -0.25) is 0 Å². The Morgan fingerprint density at radius 3 is 2.56 bits per heavy atom. The van der Waals surface area contributed by atoms with Crippen LogP contribution in [0.15, 0.2) is 36.4 Å². The SMILES string of the molecule is OCC(F)(F)CNC/C=C/c1ccccc1. The van der Waals surface area contributed by atoms with Crippen molar-refractivity contribution in [3.63, 3.8) is 0 Å². The van der Waals surface area contributed by atoms with Gasteiger partial charge in [0, 0.05) is 6.54 Å². The lowest BCUT2D eigenvalue weighted by molar-refractivity contribution is -0.0468. The quantitative estimate of drug-likeness (QED) is 0.728. The Hall–Kier alpha value is -1.26. The van der Waals surface area contributed by atoms with Crippen LogP contribution in [0.5, 0.6) is 0 Å². The van der Waals surface area contributed by atoms with Gasteiger partial charge in [-0.2, -0.15) is 0 Å². The van der Waals surface area contributed by atoms with Crippen molar-refractivity contribution >= 4 is 6.08 Å². The van der Waals surface area contributed by atoms with E-state index in [1.807, 2.05) is 36.4 Å². The first-order valence-electron chi connectivity index (χ1n) is 5.05. The van der Waals surface area contributed by atoms with Crippen LogP contribution in [0.4, 0.5) is 8.78 Å². The molecule has 2 nitrogen and oxygen atoms in total. The minimum absolute atomic E-state index is 0.352. The van der Waals surface area contributed by atoms with Crippen LogP contribution in [0.3, 0.4) is 0 Å². The van der Waals surface area contributed by atoms with Crippen LogP contribution in [0.2, 0.25) is 0 Å². The van der Waals surface area contributed by atoms with Crippen molar-refractivity contribution in [1.82, 2.24) is 5.32 Å². The summed E-state index contributed by atoms with van der Waals surface area (Å²) in [5, 5.41) is 10.9. The van der Waals surface area contributed by atoms with Crippen molar-refractivity contribution in [2.24, 2.45) is 0 Å². The third-order valence-corrected chi connectivity index (χ3v) is 1.99. The second-order valence-corrected chi connectivity index (χ2v) is 3.46. The van der Waals surface area contributed by atoms with Gasteiger partial charge in [0.1, 0.15) is 6.61 Å². The number of hydrogen-bond donors (Lipinski definition) is 2. The molecule has 1 aromatic rings. The van der Waals surface area contributed by atoms with Crippen molar-refractivity contribution in [1.29, 1.82) is 0 Å².